The summed E-state index contributed by atoms with van der Waals surface area (Å²) in [6.07, 6.45) is 3.27. The van der Waals surface area contributed by atoms with Crippen molar-refractivity contribution in [2.24, 2.45) is 0 Å². The van der Waals surface area contributed by atoms with E-state index < -0.39 is 15.9 Å². The minimum Gasteiger partial charge on any atom is -0.497 e. The standard InChI is InChI=1S/C16H19N3O4S/c1-12-8-14(23-2)5-6-15(12)24(21,22)19-11-16(20)18-10-13-4-3-7-17-9-13/h3-9,19H,10-11H2,1-2H3,(H,18,20). The molecule has 1 heterocycles. The Morgan fingerprint density at radius 2 is 2.08 bits per heavy atom. The summed E-state index contributed by atoms with van der Waals surface area (Å²) in [6, 6.07) is 8.21. The van der Waals surface area contributed by atoms with Gasteiger partial charge in [-0.05, 0) is 42.3 Å². The number of amides is 1. The Hall–Kier alpha value is -2.45. The van der Waals surface area contributed by atoms with E-state index in [1.165, 1.54) is 13.2 Å². The largest absolute Gasteiger partial charge is 0.497 e. The van der Waals surface area contributed by atoms with Crippen LogP contribution in [0.2, 0.25) is 0 Å². The number of benzene rings is 1. The van der Waals surface area contributed by atoms with Gasteiger partial charge < -0.3 is 10.1 Å². The molecule has 0 spiro atoms. The number of carbonyl (C=O) groups excluding carboxylic acids is 1. The fraction of sp³-hybridized carbons (Fsp3) is 0.250. The van der Waals surface area contributed by atoms with Gasteiger partial charge in [-0.1, -0.05) is 6.07 Å². The van der Waals surface area contributed by atoms with Crippen molar-refractivity contribution < 1.29 is 17.9 Å². The summed E-state index contributed by atoms with van der Waals surface area (Å²) in [6.45, 7) is 1.61. The van der Waals surface area contributed by atoms with E-state index in [1.54, 1.807) is 37.5 Å². The zero-order chi connectivity index (χ0) is 17.6. The molecule has 0 saturated carbocycles. The van der Waals surface area contributed by atoms with Crippen LogP contribution in [0.4, 0.5) is 0 Å². The Bertz CT molecular complexity index is 807. The quantitative estimate of drug-likeness (QED) is 0.777. The molecular formula is C16H19N3O4S. The average molecular weight is 349 g/mol. The molecule has 1 amide bonds. The molecule has 0 atom stereocenters. The molecule has 0 fully saturated rings. The Labute approximate surface area is 141 Å². The number of carbonyl (C=O) groups is 1. The van der Waals surface area contributed by atoms with Gasteiger partial charge in [0.25, 0.3) is 0 Å². The van der Waals surface area contributed by atoms with Crippen LogP contribution in [0.1, 0.15) is 11.1 Å². The number of pyridine rings is 1. The van der Waals surface area contributed by atoms with E-state index in [0.717, 1.165) is 5.56 Å². The second-order valence-corrected chi connectivity index (χ2v) is 6.83. The zero-order valence-electron chi connectivity index (χ0n) is 13.4. The van der Waals surface area contributed by atoms with Crippen LogP contribution < -0.4 is 14.8 Å². The van der Waals surface area contributed by atoms with E-state index in [9.17, 15) is 13.2 Å². The van der Waals surface area contributed by atoms with E-state index in [2.05, 4.69) is 15.0 Å². The van der Waals surface area contributed by atoms with Crippen LogP contribution in [0.25, 0.3) is 0 Å². The summed E-state index contributed by atoms with van der Waals surface area (Å²) in [5.74, 6) is 0.147. The molecule has 0 aliphatic carbocycles. The second kappa shape index (κ2) is 7.89. The minimum atomic E-state index is -3.77. The van der Waals surface area contributed by atoms with Gasteiger partial charge >= 0.3 is 0 Å². The maximum Gasteiger partial charge on any atom is 0.241 e. The number of hydrogen-bond donors (Lipinski definition) is 2. The van der Waals surface area contributed by atoms with Gasteiger partial charge in [0.15, 0.2) is 0 Å². The van der Waals surface area contributed by atoms with Gasteiger partial charge in [-0.3, -0.25) is 9.78 Å². The number of nitrogens with one attached hydrogen (secondary N) is 2. The van der Waals surface area contributed by atoms with Gasteiger partial charge in [0, 0.05) is 18.9 Å². The van der Waals surface area contributed by atoms with Crippen molar-refractivity contribution in [2.45, 2.75) is 18.4 Å². The van der Waals surface area contributed by atoms with E-state index >= 15 is 0 Å². The Morgan fingerprint density at radius 1 is 1.29 bits per heavy atom. The van der Waals surface area contributed by atoms with Crippen LogP contribution in [-0.4, -0.2) is 33.0 Å². The Morgan fingerprint density at radius 3 is 2.71 bits per heavy atom. The molecule has 1 aromatic carbocycles. The first-order valence-electron chi connectivity index (χ1n) is 7.22. The van der Waals surface area contributed by atoms with Gasteiger partial charge in [0.1, 0.15) is 5.75 Å². The first-order chi connectivity index (χ1) is 11.4. The van der Waals surface area contributed by atoms with Crippen molar-refractivity contribution >= 4 is 15.9 Å². The van der Waals surface area contributed by atoms with E-state index in [-0.39, 0.29) is 18.0 Å². The van der Waals surface area contributed by atoms with Crippen molar-refractivity contribution in [1.29, 1.82) is 0 Å². The number of sulfonamides is 1. The van der Waals surface area contributed by atoms with Gasteiger partial charge in [0.2, 0.25) is 15.9 Å². The predicted octanol–water partition coefficient (Wildman–Crippen LogP) is 0.993. The highest BCUT2D eigenvalue weighted by atomic mass is 32.2. The lowest BCUT2D eigenvalue weighted by molar-refractivity contribution is -0.120. The SMILES string of the molecule is COc1ccc(S(=O)(=O)NCC(=O)NCc2cccnc2)c(C)c1. The first-order valence-corrected chi connectivity index (χ1v) is 8.70. The van der Waals surface area contributed by atoms with Crippen molar-refractivity contribution in [1.82, 2.24) is 15.0 Å². The smallest absolute Gasteiger partial charge is 0.241 e. The summed E-state index contributed by atoms with van der Waals surface area (Å²) in [5.41, 5.74) is 1.37. The summed E-state index contributed by atoms with van der Waals surface area (Å²) in [4.78, 5) is 15.9. The fourth-order valence-corrected chi connectivity index (χ4v) is 3.26. The van der Waals surface area contributed by atoms with Crippen LogP contribution in [-0.2, 0) is 21.4 Å². The predicted molar refractivity (Wildman–Crippen MR) is 89.0 cm³/mol. The molecule has 128 valence electrons. The van der Waals surface area contributed by atoms with E-state index in [0.29, 0.717) is 11.3 Å². The molecule has 2 N–H and O–H groups in total. The lowest BCUT2D eigenvalue weighted by Gasteiger charge is -2.11. The molecule has 0 saturated heterocycles. The summed E-state index contributed by atoms with van der Waals surface area (Å²) >= 11 is 0. The molecule has 0 radical (unpaired) electrons. The number of hydrogen-bond acceptors (Lipinski definition) is 5. The van der Waals surface area contributed by atoms with Gasteiger partial charge in [-0.25, -0.2) is 13.1 Å². The normalized spacial score (nSPS) is 11.1. The number of aromatic nitrogens is 1. The Balaban J connectivity index is 1.93. The lowest BCUT2D eigenvalue weighted by Crippen LogP contribution is -2.36. The molecule has 7 nitrogen and oxygen atoms in total. The van der Waals surface area contributed by atoms with Crippen LogP contribution in [0.15, 0.2) is 47.6 Å². The first kappa shape index (κ1) is 17.9. The molecule has 2 rings (SSSR count). The third kappa shape index (κ3) is 4.77. The fourth-order valence-electron chi connectivity index (χ4n) is 2.05. The zero-order valence-corrected chi connectivity index (χ0v) is 14.3. The second-order valence-electron chi connectivity index (χ2n) is 5.09. The van der Waals surface area contributed by atoms with Crippen LogP contribution in [0.3, 0.4) is 0 Å². The van der Waals surface area contributed by atoms with Gasteiger partial charge in [-0.2, -0.15) is 0 Å². The molecule has 24 heavy (non-hydrogen) atoms. The molecule has 0 bridgehead atoms. The number of rotatable bonds is 7. The maximum atomic E-state index is 12.3. The van der Waals surface area contributed by atoms with Crippen LogP contribution in [0.5, 0.6) is 5.75 Å². The molecular weight excluding hydrogens is 330 g/mol. The van der Waals surface area contributed by atoms with Crippen molar-refractivity contribution in [3.05, 3.63) is 53.9 Å². The number of methoxy groups -OCH3 is 1. The molecule has 8 heteroatoms. The molecule has 0 aliphatic rings. The molecule has 2 aromatic rings. The minimum absolute atomic E-state index is 0.114. The third-order valence-corrected chi connectivity index (χ3v) is 4.87. The van der Waals surface area contributed by atoms with Crippen LogP contribution in [0, 0.1) is 6.92 Å². The number of ether oxygens (including phenoxy) is 1. The molecule has 0 aliphatic heterocycles. The van der Waals surface area contributed by atoms with Gasteiger partial charge in [-0.15, -0.1) is 0 Å². The van der Waals surface area contributed by atoms with Gasteiger partial charge in [0.05, 0.1) is 18.6 Å². The summed E-state index contributed by atoms with van der Waals surface area (Å²) in [5, 5.41) is 2.63. The van der Waals surface area contributed by atoms with E-state index in [1.807, 2.05) is 6.07 Å². The molecule has 0 unspecified atom stereocenters. The highest BCUT2D eigenvalue weighted by Crippen LogP contribution is 2.20. The molecule has 1 aromatic heterocycles. The maximum absolute atomic E-state index is 12.3. The monoisotopic (exact) mass is 349 g/mol. The van der Waals surface area contributed by atoms with Crippen molar-refractivity contribution in [3.8, 4) is 5.75 Å². The topological polar surface area (TPSA) is 97.4 Å². The van der Waals surface area contributed by atoms with E-state index in [4.69, 9.17) is 4.74 Å². The van der Waals surface area contributed by atoms with Crippen LogP contribution >= 0.6 is 0 Å². The Kier molecular flexibility index (Phi) is 5.88. The highest BCUT2D eigenvalue weighted by Gasteiger charge is 2.18. The summed E-state index contributed by atoms with van der Waals surface area (Å²) < 4.78 is 31.9. The van der Waals surface area contributed by atoms with Crippen molar-refractivity contribution in [2.75, 3.05) is 13.7 Å². The average Bonchev–Trinajstić information content (AvgIpc) is 2.58. The summed E-state index contributed by atoms with van der Waals surface area (Å²) in [7, 11) is -2.26. The highest BCUT2D eigenvalue weighted by molar-refractivity contribution is 7.89. The third-order valence-electron chi connectivity index (χ3n) is 3.31. The van der Waals surface area contributed by atoms with Crippen molar-refractivity contribution in [3.63, 3.8) is 0 Å². The number of nitrogens with zero attached hydrogens (tertiary/aromatic N) is 1. The lowest BCUT2D eigenvalue weighted by atomic mass is 10.2. The number of aryl methyl sites for hydroxylation is 1.